The van der Waals surface area contributed by atoms with Crippen molar-refractivity contribution in [1.82, 2.24) is 0 Å². The van der Waals surface area contributed by atoms with Gasteiger partial charge in [-0.1, -0.05) is 115 Å². The van der Waals surface area contributed by atoms with Crippen LogP contribution in [0.1, 0.15) is 0 Å². The second-order valence-corrected chi connectivity index (χ2v) is 7.82. The summed E-state index contributed by atoms with van der Waals surface area (Å²) in [6.07, 6.45) is 0. The molecule has 0 radical (unpaired) electrons. The Morgan fingerprint density at radius 2 is 0.828 bits per heavy atom. The molecule has 136 valence electrons. The number of rotatable bonds is 1. The van der Waals surface area contributed by atoms with Gasteiger partial charge in [0, 0.05) is 16.2 Å². The van der Waals surface area contributed by atoms with Crippen LogP contribution in [0.2, 0.25) is 5.02 Å². The van der Waals surface area contributed by atoms with E-state index < -0.39 is 0 Å². The van der Waals surface area contributed by atoms with Crippen molar-refractivity contribution >= 4 is 54.7 Å². The van der Waals surface area contributed by atoms with Gasteiger partial charge in [-0.3, -0.25) is 0 Å². The van der Waals surface area contributed by atoms with Crippen LogP contribution in [0, 0.1) is 0 Å². The summed E-state index contributed by atoms with van der Waals surface area (Å²) in [6.45, 7) is 0. The molecule has 0 fully saturated rings. The largest absolute Gasteiger partial charge is 0.0830 e. The molecular weight excluding hydrogens is 372 g/mol. The van der Waals surface area contributed by atoms with Gasteiger partial charge in [-0.15, -0.1) is 0 Å². The number of halogens is 1. The van der Waals surface area contributed by atoms with Crippen LogP contribution in [0.4, 0.5) is 0 Å². The lowest BCUT2D eigenvalue weighted by atomic mass is 9.86. The normalized spacial score (nSPS) is 11.6. The Labute approximate surface area is 174 Å². The summed E-state index contributed by atoms with van der Waals surface area (Å²) >= 11 is 7.11. The van der Waals surface area contributed by atoms with Crippen molar-refractivity contribution in [2.45, 2.75) is 0 Å². The van der Waals surface area contributed by atoms with Crippen LogP contribution in [0.5, 0.6) is 0 Å². The monoisotopic (exact) mass is 388 g/mol. The van der Waals surface area contributed by atoms with E-state index in [0.717, 1.165) is 15.8 Å². The Balaban J connectivity index is 2.04. The van der Waals surface area contributed by atoms with E-state index in [-0.39, 0.29) is 0 Å². The molecule has 29 heavy (non-hydrogen) atoms. The van der Waals surface area contributed by atoms with Gasteiger partial charge in [0.05, 0.1) is 5.02 Å². The van der Waals surface area contributed by atoms with Crippen molar-refractivity contribution in [3.05, 3.63) is 108 Å². The Morgan fingerprint density at radius 3 is 1.45 bits per heavy atom. The van der Waals surface area contributed by atoms with Crippen molar-refractivity contribution in [3.8, 4) is 11.1 Å². The van der Waals surface area contributed by atoms with E-state index in [2.05, 4.69) is 103 Å². The predicted molar refractivity (Wildman–Crippen MR) is 127 cm³/mol. The molecule has 0 unspecified atom stereocenters. The maximum Gasteiger partial charge on any atom is 0.0569 e. The molecule has 6 rings (SSSR count). The molecule has 0 spiro atoms. The minimum atomic E-state index is 0.831. The third kappa shape index (κ3) is 2.33. The number of hydrogen-bond acceptors (Lipinski definition) is 0. The van der Waals surface area contributed by atoms with Gasteiger partial charge < -0.3 is 0 Å². The van der Waals surface area contributed by atoms with E-state index in [1.165, 1.54) is 43.4 Å². The molecule has 0 aliphatic heterocycles. The van der Waals surface area contributed by atoms with Crippen LogP contribution in [-0.2, 0) is 0 Å². The SMILES string of the molecule is Clc1c2ccccc2c(-c2ccccc2)c2c3ccccc3c3ccccc3c12. The van der Waals surface area contributed by atoms with Gasteiger partial charge in [-0.25, -0.2) is 0 Å². The Bertz CT molecular complexity index is 1550. The maximum absolute atomic E-state index is 7.11. The zero-order valence-corrected chi connectivity index (χ0v) is 16.4. The van der Waals surface area contributed by atoms with E-state index in [4.69, 9.17) is 11.6 Å². The van der Waals surface area contributed by atoms with Crippen LogP contribution in [0.3, 0.4) is 0 Å². The third-order valence-electron chi connectivity index (χ3n) is 5.90. The average molecular weight is 389 g/mol. The fourth-order valence-electron chi connectivity index (χ4n) is 4.70. The fourth-order valence-corrected chi connectivity index (χ4v) is 5.06. The van der Waals surface area contributed by atoms with E-state index in [9.17, 15) is 0 Å². The standard InChI is InChI=1S/C28H17Cl/c29-28-24-17-9-8-16-23(24)25(18-10-2-1-3-11-18)26-21-14-6-4-12-19(21)20-13-5-7-15-22(20)27(26)28/h1-17H. The second-order valence-electron chi connectivity index (χ2n) is 7.44. The molecule has 0 atom stereocenters. The van der Waals surface area contributed by atoms with Gasteiger partial charge >= 0.3 is 0 Å². The number of benzene rings is 6. The van der Waals surface area contributed by atoms with Crippen LogP contribution in [0.25, 0.3) is 54.2 Å². The van der Waals surface area contributed by atoms with Crippen molar-refractivity contribution < 1.29 is 0 Å². The molecule has 0 N–H and O–H groups in total. The Kier molecular flexibility index (Phi) is 3.62. The van der Waals surface area contributed by atoms with Crippen LogP contribution in [0.15, 0.2) is 103 Å². The Hall–Kier alpha value is -3.35. The first kappa shape index (κ1) is 16.6. The maximum atomic E-state index is 7.11. The first-order valence-electron chi connectivity index (χ1n) is 9.83. The van der Waals surface area contributed by atoms with Crippen molar-refractivity contribution in [2.75, 3.05) is 0 Å². The second kappa shape index (κ2) is 6.34. The van der Waals surface area contributed by atoms with Gasteiger partial charge in [0.15, 0.2) is 0 Å². The van der Waals surface area contributed by atoms with E-state index in [1.807, 2.05) is 0 Å². The smallest absolute Gasteiger partial charge is 0.0569 e. The van der Waals surface area contributed by atoms with Crippen molar-refractivity contribution in [2.24, 2.45) is 0 Å². The minimum absolute atomic E-state index is 0.831. The minimum Gasteiger partial charge on any atom is -0.0830 e. The summed E-state index contributed by atoms with van der Waals surface area (Å²) in [5.74, 6) is 0. The first-order valence-corrected chi connectivity index (χ1v) is 10.2. The Morgan fingerprint density at radius 1 is 0.379 bits per heavy atom. The highest BCUT2D eigenvalue weighted by molar-refractivity contribution is 6.47. The van der Waals surface area contributed by atoms with E-state index in [0.29, 0.717) is 0 Å². The van der Waals surface area contributed by atoms with Crippen molar-refractivity contribution in [1.29, 1.82) is 0 Å². The highest BCUT2D eigenvalue weighted by Crippen LogP contribution is 2.47. The molecule has 0 bridgehead atoms. The molecule has 1 heteroatoms. The zero-order chi connectivity index (χ0) is 19.4. The van der Waals surface area contributed by atoms with Gasteiger partial charge in [0.2, 0.25) is 0 Å². The summed E-state index contributed by atoms with van der Waals surface area (Å²) < 4.78 is 0. The molecule has 0 aliphatic carbocycles. The lowest BCUT2D eigenvalue weighted by molar-refractivity contribution is 1.68. The van der Waals surface area contributed by atoms with Gasteiger partial charge in [-0.2, -0.15) is 0 Å². The van der Waals surface area contributed by atoms with Crippen LogP contribution >= 0.6 is 11.6 Å². The summed E-state index contributed by atoms with van der Waals surface area (Å²) in [4.78, 5) is 0. The molecule has 0 saturated carbocycles. The first-order chi connectivity index (χ1) is 14.3. The molecule has 0 heterocycles. The highest BCUT2D eigenvalue weighted by atomic mass is 35.5. The summed E-state index contributed by atoms with van der Waals surface area (Å²) in [5.41, 5.74) is 2.47. The van der Waals surface area contributed by atoms with Crippen LogP contribution in [-0.4, -0.2) is 0 Å². The topological polar surface area (TPSA) is 0 Å². The summed E-state index contributed by atoms with van der Waals surface area (Å²) in [6, 6.07) is 36.4. The lowest BCUT2D eigenvalue weighted by Gasteiger charge is -2.18. The molecule has 0 aliphatic rings. The number of fused-ring (bicyclic) bond motifs is 7. The lowest BCUT2D eigenvalue weighted by Crippen LogP contribution is -1.91. The molecule has 0 nitrogen and oxygen atoms in total. The molecule has 0 amide bonds. The average Bonchev–Trinajstić information content (AvgIpc) is 2.80. The van der Waals surface area contributed by atoms with Gasteiger partial charge in [0.1, 0.15) is 0 Å². The van der Waals surface area contributed by atoms with E-state index in [1.54, 1.807) is 0 Å². The molecule has 6 aromatic rings. The molecule has 0 saturated heterocycles. The molecular formula is C28H17Cl. The summed E-state index contributed by atoms with van der Waals surface area (Å²) in [7, 11) is 0. The predicted octanol–water partition coefficient (Wildman–Crippen LogP) is 8.62. The van der Waals surface area contributed by atoms with Crippen molar-refractivity contribution in [3.63, 3.8) is 0 Å². The van der Waals surface area contributed by atoms with Gasteiger partial charge in [-0.05, 0) is 38.1 Å². The molecule has 0 aromatic heterocycles. The fraction of sp³-hybridized carbons (Fsp3) is 0. The summed E-state index contributed by atoms with van der Waals surface area (Å²) in [5, 5.41) is 10.4. The van der Waals surface area contributed by atoms with Gasteiger partial charge in [0.25, 0.3) is 0 Å². The van der Waals surface area contributed by atoms with E-state index >= 15 is 0 Å². The zero-order valence-electron chi connectivity index (χ0n) is 15.7. The number of hydrogen-bond donors (Lipinski definition) is 0. The third-order valence-corrected chi connectivity index (χ3v) is 6.29. The quantitative estimate of drug-likeness (QED) is 0.195. The van der Waals surface area contributed by atoms with Crippen LogP contribution < -0.4 is 0 Å². The molecule has 6 aromatic carbocycles. The highest BCUT2D eigenvalue weighted by Gasteiger charge is 2.19.